The minimum absolute atomic E-state index is 0.206. The van der Waals surface area contributed by atoms with E-state index in [4.69, 9.17) is 0 Å². The molecule has 0 amide bonds. The van der Waals surface area contributed by atoms with Crippen LogP contribution >= 0.6 is 11.8 Å². The van der Waals surface area contributed by atoms with Crippen LogP contribution in [0.2, 0.25) is 0 Å². The van der Waals surface area contributed by atoms with E-state index in [-0.39, 0.29) is 6.10 Å². The molecule has 4 nitrogen and oxygen atoms in total. The monoisotopic (exact) mass is 273 g/mol. The molecular formula is C13H27N3OS. The first-order valence-corrected chi connectivity index (χ1v) is 8.01. The smallest absolute Gasteiger partial charge is 0.0793 e. The maximum Gasteiger partial charge on any atom is 0.0793 e. The number of rotatable bonds is 4. The molecule has 0 bridgehead atoms. The number of aliphatic hydroxyl groups is 1. The Morgan fingerprint density at radius 1 is 1.17 bits per heavy atom. The van der Waals surface area contributed by atoms with Crippen molar-refractivity contribution in [2.45, 2.75) is 24.7 Å². The molecule has 0 radical (unpaired) electrons. The van der Waals surface area contributed by atoms with Gasteiger partial charge in [0.25, 0.3) is 0 Å². The van der Waals surface area contributed by atoms with Gasteiger partial charge >= 0.3 is 0 Å². The maximum atomic E-state index is 10.2. The molecule has 2 fully saturated rings. The Balaban J connectivity index is 1.71. The molecular weight excluding hydrogens is 246 g/mol. The zero-order chi connectivity index (χ0) is 13.0. The first-order chi connectivity index (χ1) is 8.55. The molecule has 0 aliphatic carbocycles. The lowest BCUT2D eigenvalue weighted by atomic mass is 10.1. The van der Waals surface area contributed by atoms with Crippen LogP contribution in [0, 0.1) is 0 Å². The number of hydrogen-bond acceptors (Lipinski definition) is 5. The van der Waals surface area contributed by atoms with Gasteiger partial charge in [-0.3, -0.25) is 9.80 Å². The lowest BCUT2D eigenvalue weighted by Crippen LogP contribution is -2.50. The SMILES string of the molecule is CC1(C)CN(CC(O)CN2CCNCC2)CCS1. The predicted molar refractivity (Wildman–Crippen MR) is 78.3 cm³/mol. The highest BCUT2D eigenvalue weighted by Gasteiger charge is 2.28. The zero-order valence-corrected chi connectivity index (χ0v) is 12.5. The van der Waals surface area contributed by atoms with E-state index in [2.05, 4.69) is 29.0 Å². The van der Waals surface area contributed by atoms with Crippen LogP contribution in [0.25, 0.3) is 0 Å². The van der Waals surface area contributed by atoms with Crippen molar-refractivity contribution in [3.8, 4) is 0 Å². The van der Waals surface area contributed by atoms with E-state index in [0.717, 1.165) is 52.4 Å². The van der Waals surface area contributed by atoms with Crippen molar-refractivity contribution >= 4 is 11.8 Å². The van der Waals surface area contributed by atoms with Crippen molar-refractivity contribution in [3.63, 3.8) is 0 Å². The largest absolute Gasteiger partial charge is 0.390 e. The third-order valence-electron chi connectivity index (χ3n) is 3.65. The molecule has 0 spiro atoms. The van der Waals surface area contributed by atoms with Crippen molar-refractivity contribution in [2.75, 3.05) is 58.1 Å². The van der Waals surface area contributed by atoms with Crippen LogP contribution in [0.5, 0.6) is 0 Å². The summed E-state index contributed by atoms with van der Waals surface area (Å²) in [7, 11) is 0. The van der Waals surface area contributed by atoms with Gasteiger partial charge in [0.15, 0.2) is 0 Å². The summed E-state index contributed by atoms with van der Waals surface area (Å²) < 4.78 is 0.340. The van der Waals surface area contributed by atoms with Crippen LogP contribution in [0.4, 0.5) is 0 Å². The second kappa shape index (κ2) is 6.57. The number of nitrogens with zero attached hydrogens (tertiary/aromatic N) is 2. The van der Waals surface area contributed by atoms with E-state index < -0.39 is 0 Å². The fourth-order valence-electron chi connectivity index (χ4n) is 2.82. The number of hydrogen-bond donors (Lipinski definition) is 2. The van der Waals surface area contributed by atoms with Crippen LogP contribution in [0.15, 0.2) is 0 Å². The molecule has 2 heterocycles. The summed E-state index contributed by atoms with van der Waals surface area (Å²) in [6, 6.07) is 0. The third-order valence-corrected chi connectivity index (χ3v) is 4.95. The summed E-state index contributed by atoms with van der Waals surface area (Å²) in [5.74, 6) is 1.19. The molecule has 2 saturated heterocycles. The fraction of sp³-hybridized carbons (Fsp3) is 1.00. The van der Waals surface area contributed by atoms with E-state index >= 15 is 0 Å². The zero-order valence-electron chi connectivity index (χ0n) is 11.7. The molecule has 0 aromatic carbocycles. The number of nitrogens with one attached hydrogen (secondary N) is 1. The van der Waals surface area contributed by atoms with E-state index in [9.17, 15) is 5.11 Å². The van der Waals surface area contributed by atoms with Crippen LogP contribution in [0.1, 0.15) is 13.8 Å². The van der Waals surface area contributed by atoms with Gasteiger partial charge < -0.3 is 10.4 Å². The molecule has 2 rings (SSSR count). The molecule has 0 saturated carbocycles. The maximum absolute atomic E-state index is 10.2. The molecule has 1 unspecified atom stereocenters. The van der Waals surface area contributed by atoms with Gasteiger partial charge in [-0.2, -0.15) is 11.8 Å². The summed E-state index contributed by atoms with van der Waals surface area (Å²) in [5, 5.41) is 13.6. The molecule has 0 aromatic heterocycles. The lowest BCUT2D eigenvalue weighted by molar-refractivity contribution is 0.0680. The fourth-order valence-corrected chi connectivity index (χ4v) is 3.99. The third kappa shape index (κ3) is 4.70. The van der Waals surface area contributed by atoms with Crippen molar-refractivity contribution < 1.29 is 5.11 Å². The molecule has 0 aromatic rings. The summed E-state index contributed by atoms with van der Waals surface area (Å²) in [6.07, 6.45) is -0.206. The Morgan fingerprint density at radius 3 is 2.50 bits per heavy atom. The minimum atomic E-state index is -0.206. The predicted octanol–water partition coefficient (Wildman–Crippen LogP) is 0.0799. The quantitative estimate of drug-likeness (QED) is 0.759. The average molecular weight is 273 g/mol. The highest BCUT2D eigenvalue weighted by Crippen LogP contribution is 2.29. The van der Waals surface area contributed by atoms with E-state index in [0.29, 0.717) is 4.75 Å². The Bertz CT molecular complexity index is 257. The molecule has 18 heavy (non-hydrogen) atoms. The van der Waals surface area contributed by atoms with E-state index in [1.807, 2.05) is 11.8 Å². The van der Waals surface area contributed by atoms with Crippen molar-refractivity contribution in [3.05, 3.63) is 0 Å². The number of β-amino-alcohol motifs (C(OH)–C–C–N with tert-alkyl or cyclic N) is 1. The summed E-state index contributed by atoms with van der Waals surface area (Å²) in [5.41, 5.74) is 0. The van der Waals surface area contributed by atoms with Gasteiger partial charge in [0.1, 0.15) is 0 Å². The number of thioether (sulfide) groups is 1. The van der Waals surface area contributed by atoms with Crippen LogP contribution < -0.4 is 5.32 Å². The molecule has 1 atom stereocenters. The summed E-state index contributed by atoms with van der Waals surface area (Å²) >= 11 is 2.04. The van der Waals surface area contributed by atoms with Gasteiger partial charge in [-0.15, -0.1) is 0 Å². The van der Waals surface area contributed by atoms with Crippen LogP contribution in [-0.4, -0.2) is 83.9 Å². The second-order valence-corrected chi connectivity index (χ2v) is 7.85. The van der Waals surface area contributed by atoms with E-state index in [1.54, 1.807) is 0 Å². The minimum Gasteiger partial charge on any atom is -0.390 e. The standard InChI is InChI=1S/C13H27N3OS/c1-13(2)11-16(7-8-18-13)10-12(17)9-15-5-3-14-4-6-15/h12,14,17H,3-11H2,1-2H3. The molecule has 2 aliphatic heterocycles. The van der Waals surface area contributed by atoms with Gasteiger partial charge in [0.05, 0.1) is 6.10 Å². The van der Waals surface area contributed by atoms with Crippen LogP contribution in [0.3, 0.4) is 0 Å². The Labute approximate surface area is 115 Å². The van der Waals surface area contributed by atoms with Gasteiger partial charge in [0, 0.05) is 62.9 Å². The van der Waals surface area contributed by atoms with Crippen molar-refractivity contribution in [1.29, 1.82) is 0 Å². The first kappa shape index (κ1) is 14.6. The first-order valence-electron chi connectivity index (χ1n) is 7.03. The number of aliphatic hydroxyl groups excluding tert-OH is 1. The summed E-state index contributed by atoms with van der Waals surface area (Å²) in [6.45, 7) is 12.7. The van der Waals surface area contributed by atoms with E-state index in [1.165, 1.54) is 5.75 Å². The second-order valence-electron chi connectivity index (χ2n) is 6.05. The average Bonchev–Trinajstić information content (AvgIpc) is 2.28. The number of piperazine rings is 1. The topological polar surface area (TPSA) is 38.7 Å². The Hall–Kier alpha value is 0.190. The molecule has 5 heteroatoms. The molecule has 2 aliphatic rings. The highest BCUT2D eigenvalue weighted by molar-refractivity contribution is 8.00. The molecule has 2 N–H and O–H groups in total. The Kier molecular flexibility index (Phi) is 5.33. The van der Waals surface area contributed by atoms with Gasteiger partial charge in [-0.25, -0.2) is 0 Å². The van der Waals surface area contributed by atoms with Gasteiger partial charge in [-0.1, -0.05) is 0 Å². The summed E-state index contributed by atoms with van der Waals surface area (Å²) in [4.78, 5) is 4.79. The lowest BCUT2D eigenvalue weighted by Gasteiger charge is -2.39. The van der Waals surface area contributed by atoms with Gasteiger partial charge in [-0.05, 0) is 13.8 Å². The van der Waals surface area contributed by atoms with Crippen LogP contribution in [-0.2, 0) is 0 Å². The Morgan fingerprint density at radius 2 is 1.83 bits per heavy atom. The highest BCUT2D eigenvalue weighted by atomic mass is 32.2. The normalized spacial score (nSPS) is 28.2. The van der Waals surface area contributed by atoms with Crippen molar-refractivity contribution in [2.24, 2.45) is 0 Å². The van der Waals surface area contributed by atoms with Gasteiger partial charge in [0.2, 0.25) is 0 Å². The van der Waals surface area contributed by atoms with Crippen molar-refractivity contribution in [1.82, 2.24) is 15.1 Å². The molecule has 106 valence electrons.